The molecule has 2 rings (SSSR count). The lowest BCUT2D eigenvalue weighted by molar-refractivity contribution is -0.142. The van der Waals surface area contributed by atoms with Crippen molar-refractivity contribution in [2.24, 2.45) is 0 Å². The summed E-state index contributed by atoms with van der Waals surface area (Å²) in [4.78, 5) is 40.6. The maximum atomic E-state index is 13.6. The molecule has 192 valence electrons. The van der Waals surface area contributed by atoms with Crippen LogP contribution in [-0.4, -0.2) is 64.4 Å². The summed E-state index contributed by atoms with van der Waals surface area (Å²) in [7, 11) is 0. The largest absolute Gasteiger partial charge is 0.444 e. The summed E-state index contributed by atoms with van der Waals surface area (Å²) < 4.78 is 5.19. The Hall–Kier alpha value is -3.87. The van der Waals surface area contributed by atoms with Crippen molar-refractivity contribution in [1.29, 1.82) is 0 Å². The molecule has 36 heavy (non-hydrogen) atoms. The van der Waals surface area contributed by atoms with Gasteiger partial charge in [-0.2, -0.15) is 0 Å². The number of carbonyl (C=O) groups excluding carboxylic acids is 3. The van der Waals surface area contributed by atoms with E-state index in [1.807, 2.05) is 19.1 Å². The predicted molar refractivity (Wildman–Crippen MR) is 136 cm³/mol. The number of amides is 3. The van der Waals surface area contributed by atoms with Gasteiger partial charge in [0.15, 0.2) is 0 Å². The van der Waals surface area contributed by atoms with Gasteiger partial charge in [-0.3, -0.25) is 9.59 Å². The second-order valence-electron chi connectivity index (χ2n) is 9.07. The Labute approximate surface area is 211 Å². The topological polar surface area (TPSA) is 128 Å². The van der Waals surface area contributed by atoms with Crippen molar-refractivity contribution >= 4 is 23.6 Å². The Morgan fingerprint density at radius 3 is 2.31 bits per heavy atom. The summed E-state index contributed by atoms with van der Waals surface area (Å²) in [6.45, 7) is 5.28. The molecular weight excluding hydrogens is 462 g/mol. The van der Waals surface area contributed by atoms with Crippen molar-refractivity contribution in [2.75, 3.05) is 25.1 Å². The second kappa shape index (κ2) is 12.7. The first-order valence-electron chi connectivity index (χ1n) is 11.5. The Morgan fingerprint density at radius 1 is 1.08 bits per heavy atom. The number of rotatable bonds is 9. The van der Waals surface area contributed by atoms with Gasteiger partial charge in [-0.15, -0.1) is 6.42 Å². The van der Waals surface area contributed by atoms with Gasteiger partial charge in [0.1, 0.15) is 17.7 Å². The number of alkyl carbamates (subject to hydrolysis) is 1. The van der Waals surface area contributed by atoms with Gasteiger partial charge in [0.2, 0.25) is 5.91 Å². The number of para-hydroxylation sites is 1. The van der Waals surface area contributed by atoms with Crippen LogP contribution in [0, 0.1) is 19.3 Å². The molecule has 2 unspecified atom stereocenters. The summed E-state index contributed by atoms with van der Waals surface area (Å²) in [6, 6.07) is 11.0. The lowest BCUT2D eigenvalue weighted by Crippen LogP contribution is -2.54. The standard InChI is InChI=1S/C27H33N3O6/c1-6-19-12-8-9-13-20(19)23(24(33)28-21-14-10-7-11-18(21)2)30(15-16-31)25(34)22(17-32)29-26(35)36-27(3,4)5/h1,7-14,22-23,31-32H,15-17H2,2-5H3,(H,28,33)(H,29,35). The number of terminal acetylenes is 1. The molecule has 4 N–H and O–H groups in total. The van der Waals surface area contributed by atoms with Gasteiger partial charge in [0.05, 0.1) is 13.2 Å². The quantitative estimate of drug-likeness (QED) is 0.396. The highest BCUT2D eigenvalue weighted by molar-refractivity contribution is 5.99. The third-order valence-electron chi connectivity index (χ3n) is 5.17. The van der Waals surface area contributed by atoms with Crippen molar-refractivity contribution in [3.63, 3.8) is 0 Å². The smallest absolute Gasteiger partial charge is 0.408 e. The maximum absolute atomic E-state index is 13.6. The van der Waals surface area contributed by atoms with Crippen LogP contribution in [0.5, 0.6) is 0 Å². The first kappa shape index (κ1) is 28.4. The average molecular weight is 496 g/mol. The number of benzene rings is 2. The van der Waals surface area contributed by atoms with Crippen LogP contribution in [0.15, 0.2) is 48.5 Å². The van der Waals surface area contributed by atoms with E-state index in [-0.39, 0.29) is 6.54 Å². The van der Waals surface area contributed by atoms with Crippen molar-refractivity contribution in [3.05, 3.63) is 65.2 Å². The minimum absolute atomic E-state index is 0.268. The van der Waals surface area contributed by atoms with Crippen LogP contribution in [0.4, 0.5) is 10.5 Å². The number of hydrogen-bond donors (Lipinski definition) is 4. The summed E-state index contributed by atoms with van der Waals surface area (Å²) in [5.41, 5.74) is 1.22. The molecule has 0 saturated carbocycles. The summed E-state index contributed by atoms with van der Waals surface area (Å²) in [5, 5.41) is 24.8. The first-order chi connectivity index (χ1) is 17.0. The zero-order chi connectivity index (χ0) is 26.9. The molecule has 0 bridgehead atoms. The number of nitrogens with one attached hydrogen (secondary N) is 2. The lowest BCUT2D eigenvalue weighted by Gasteiger charge is -2.34. The molecule has 0 saturated heterocycles. The fourth-order valence-corrected chi connectivity index (χ4v) is 3.54. The number of aliphatic hydroxyl groups excluding tert-OH is 2. The molecule has 0 aromatic heterocycles. The molecule has 9 nitrogen and oxygen atoms in total. The van der Waals surface area contributed by atoms with Gasteiger partial charge in [-0.05, 0) is 51.0 Å². The van der Waals surface area contributed by atoms with Crippen LogP contribution >= 0.6 is 0 Å². The predicted octanol–water partition coefficient (Wildman–Crippen LogP) is 2.36. The van der Waals surface area contributed by atoms with Crippen molar-refractivity contribution in [2.45, 2.75) is 45.4 Å². The molecule has 0 aliphatic rings. The molecule has 0 aliphatic carbocycles. The zero-order valence-electron chi connectivity index (χ0n) is 20.9. The number of aryl methyl sites for hydroxylation is 1. The molecule has 2 aromatic rings. The molecule has 3 amide bonds. The average Bonchev–Trinajstić information content (AvgIpc) is 2.82. The van der Waals surface area contributed by atoms with Crippen LogP contribution in [0.3, 0.4) is 0 Å². The first-order valence-corrected chi connectivity index (χ1v) is 11.5. The fraction of sp³-hybridized carbons (Fsp3) is 0.370. The summed E-state index contributed by atoms with van der Waals surface area (Å²) in [6.07, 6.45) is 4.76. The molecule has 0 heterocycles. The van der Waals surface area contributed by atoms with Crippen LogP contribution < -0.4 is 10.6 Å². The van der Waals surface area contributed by atoms with E-state index in [1.165, 1.54) is 0 Å². The Balaban J connectivity index is 2.51. The van der Waals surface area contributed by atoms with E-state index in [4.69, 9.17) is 11.2 Å². The normalized spacial score (nSPS) is 12.6. The monoisotopic (exact) mass is 495 g/mol. The highest BCUT2D eigenvalue weighted by Crippen LogP contribution is 2.27. The number of hydrogen-bond acceptors (Lipinski definition) is 6. The van der Waals surface area contributed by atoms with E-state index in [2.05, 4.69) is 16.6 Å². The number of ether oxygens (including phenoxy) is 1. The SMILES string of the molecule is C#Cc1ccccc1C(C(=O)Nc1ccccc1C)N(CCO)C(=O)C(CO)NC(=O)OC(C)(C)C. The van der Waals surface area contributed by atoms with Gasteiger partial charge >= 0.3 is 6.09 Å². The third kappa shape index (κ3) is 7.57. The Morgan fingerprint density at radius 2 is 1.72 bits per heavy atom. The van der Waals surface area contributed by atoms with Gasteiger partial charge in [0.25, 0.3) is 5.91 Å². The van der Waals surface area contributed by atoms with E-state index in [1.54, 1.807) is 57.2 Å². The minimum atomic E-state index is -1.43. The fourth-order valence-electron chi connectivity index (χ4n) is 3.54. The van der Waals surface area contributed by atoms with Crippen LogP contribution in [0.1, 0.15) is 43.5 Å². The van der Waals surface area contributed by atoms with Gasteiger partial charge in [-0.25, -0.2) is 4.79 Å². The molecule has 2 aromatic carbocycles. The molecule has 0 spiro atoms. The van der Waals surface area contributed by atoms with Crippen molar-refractivity contribution in [1.82, 2.24) is 10.2 Å². The van der Waals surface area contributed by atoms with Gasteiger partial charge < -0.3 is 30.5 Å². The van der Waals surface area contributed by atoms with E-state index in [9.17, 15) is 24.6 Å². The van der Waals surface area contributed by atoms with Crippen LogP contribution in [0.2, 0.25) is 0 Å². The lowest BCUT2D eigenvalue weighted by atomic mass is 9.97. The third-order valence-corrected chi connectivity index (χ3v) is 5.17. The Kier molecular flexibility index (Phi) is 10.0. The number of anilines is 1. The second-order valence-corrected chi connectivity index (χ2v) is 9.07. The van der Waals surface area contributed by atoms with E-state index < -0.39 is 48.8 Å². The van der Waals surface area contributed by atoms with E-state index in [0.29, 0.717) is 16.8 Å². The highest BCUT2D eigenvalue weighted by atomic mass is 16.6. The van der Waals surface area contributed by atoms with Crippen LogP contribution in [0.25, 0.3) is 0 Å². The Bertz CT molecular complexity index is 1120. The van der Waals surface area contributed by atoms with Crippen molar-refractivity contribution in [3.8, 4) is 12.3 Å². The zero-order valence-corrected chi connectivity index (χ0v) is 20.9. The maximum Gasteiger partial charge on any atom is 0.408 e. The van der Waals surface area contributed by atoms with Crippen LogP contribution in [-0.2, 0) is 14.3 Å². The van der Waals surface area contributed by atoms with Gasteiger partial charge in [0, 0.05) is 17.8 Å². The molecule has 2 atom stereocenters. The number of nitrogens with zero attached hydrogens (tertiary/aromatic N) is 1. The number of carbonyl (C=O) groups is 3. The number of aliphatic hydroxyl groups is 2. The molecular formula is C27H33N3O6. The summed E-state index contributed by atoms with van der Waals surface area (Å²) >= 11 is 0. The minimum Gasteiger partial charge on any atom is -0.444 e. The molecule has 0 radical (unpaired) electrons. The molecule has 0 aliphatic heterocycles. The van der Waals surface area contributed by atoms with Crippen molar-refractivity contribution < 1.29 is 29.3 Å². The summed E-state index contributed by atoms with van der Waals surface area (Å²) in [5.74, 6) is 1.15. The highest BCUT2D eigenvalue weighted by Gasteiger charge is 2.37. The van der Waals surface area contributed by atoms with E-state index in [0.717, 1.165) is 10.5 Å². The molecule has 0 fully saturated rings. The molecule has 9 heteroatoms. The van der Waals surface area contributed by atoms with Gasteiger partial charge in [-0.1, -0.05) is 42.3 Å². The van der Waals surface area contributed by atoms with E-state index >= 15 is 0 Å².